The number of rotatable bonds is 4. The number of benzene rings is 1. The van der Waals surface area contributed by atoms with Crippen LogP contribution in [0.15, 0.2) is 29.2 Å². The van der Waals surface area contributed by atoms with E-state index in [0.29, 0.717) is 11.3 Å². The van der Waals surface area contributed by atoms with Gasteiger partial charge in [-0.1, -0.05) is 18.6 Å². The van der Waals surface area contributed by atoms with Crippen LogP contribution in [0.4, 0.5) is 0 Å². The molecule has 0 aromatic heterocycles. The number of hydrogen-bond donors (Lipinski definition) is 1. The standard InChI is InChI=1S/C15H23NO3S/c1-12-4-3-5-13(2)16(12)20(18,19)15-8-6-14(7-9-15)10-11-17/h6-9,12-13,17H,3-5,10-11H2,1-2H3. The molecule has 5 heteroatoms. The van der Waals surface area contributed by atoms with Gasteiger partial charge in [0, 0.05) is 18.7 Å². The third-order valence-electron chi connectivity index (χ3n) is 4.01. The number of sulfonamides is 1. The van der Waals surface area contributed by atoms with Gasteiger partial charge in [0.15, 0.2) is 0 Å². The Morgan fingerprint density at radius 1 is 1.15 bits per heavy atom. The lowest BCUT2D eigenvalue weighted by Gasteiger charge is -2.37. The molecule has 20 heavy (non-hydrogen) atoms. The molecule has 1 aliphatic heterocycles. The smallest absolute Gasteiger partial charge is 0.243 e. The highest BCUT2D eigenvalue weighted by Gasteiger charge is 2.35. The summed E-state index contributed by atoms with van der Waals surface area (Å²) in [6.07, 6.45) is 3.49. The topological polar surface area (TPSA) is 57.6 Å². The summed E-state index contributed by atoms with van der Waals surface area (Å²) in [6, 6.07) is 6.97. The molecule has 0 radical (unpaired) electrons. The van der Waals surface area contributed by atoms with Crippen molar-refractivity contribution in [3.63, 3.8) is 0 Å². The summed E-state index contributed by atoms with van der Waals surface area (Å²) in [7, 11) is -3.42. The summed E-state index contributed by atoms with van der Waals surface area (Å²) < 4.78 is 27.2. The molecule has 0 bridgehead atoms. The van der Waals surface area contributed by atoms with E-state index in [1.54, 1.807) is 28.6 Å². The molecule has 0 aliphatic carbocycles. The van der Waals surface area contributed by atoms with E-state index in [2.05, 4.69) is 0 Å². The van der Waals surface area contributed by atoms with Crippen molar-refractivity contribution in [2.75, 3.05) is 6.61 Å². The van der Waals surface area contributed by atoms with Crippen molar-refractivity contribution in [2.24, 2.45) is 0 Å². The second kappa shape index (κ2) is 6.24. The normalized spacial score (nSPS) is 24.8. The van der Waals surface area contributed by atoms with Crippen LogP contribution in [0.5, 0.6) is 0 Å². The molecule has 1 saturated heterocycles. The Morgan fingerprint density at radius 3 is 2.20 bits per heavy atom. The minimum atomic E-state index is -3.42. The zero-order valence-corrected chi connectivity index (χ0v) is 12.9. The molecular weight excluding hydrogens is 274 g/mol. The van der Waals surface area contributed by atoms with Crippen molar-refractivity contribution >= 4 is 10.0 Å². The van der Waals surface area contributed by atoms with Gasteiger partial charge in [0.25, 0.3) is 0 Å². The van der Waals surface area contributed by atoms with Gasteiger partial charge in [-0.3, -0.25) is 0 Å². The number of aliphatic hydroxyl groups excluding tert-OH is 1. The van der Waals surface area contributed by atoms with E-state index >= 15 is 0 Å². The summed E-state index contributed by atoms with van der Waals surface area (Å²) in [5.74, 6) is 0. The number of aliphatic hydroxyl groups is 1. The molecule has 2 rings (SSSR count). The van der Waals surface area contributed by atoms with Crippen LogP contribution < -0.4 is 0 Å². The molecule has 1 fully saturated rings. The van der Waals surface area contributed by atoms with Gasteiger partial charge in [-0.15, -0.1) is 0 Å². The lowest BCUT2D eigenvalue weighted by Crippen LogP contribution is -2.47. The van der Waals surface area contributed by atoms with E-state index in [1.165, 1.54) is 0 Å². The van der Waals surface area contributed by atoms with Crippen LogP contribution in [0.3, 0.4) is 0 Å². The molecule has 1 aromatic carbocycles. The summed E-state index contributed by atoms with van der Waals surface area (Å²) >= 11 is 0. The van der Waals surface area contributed by atoms with Crippen molar-refractivity contribution in [1.82, 2.24) is 4.31 Å². The van der Waals surface area contributed by atoms with E-state index in [9.17, 15) is 8.42 Å². The van der Waals surface area contributed by atoms with Gasteiger partial charge >= 0.3 is 0 Å². The molecule has 4 nitrogen and oxygen atoms in total. The minimum Gasteiger partial charge on any atom is -0.396 e. The highest BCUT2D eigenvalue weighted by Crippen LogP contribution is 2.29. The van der Waals surface area contributed by atoms with Gasteiger partial charge in [0.1, 0.15) is 0 Å². The van der Waals surface area contributed by atoms with Crippen molar-refractivity contribution in [3.8, 4) is 0 Å². The first-order valence-corrected chi connectivity index (χ1v) is 8.64. The molecule has 0 saturated carbocycles. The predicted octanol–water partition coefficient (Wildman–Crippen LogP) is 2.17. The zero-order valence-electron chi connectivity index (χ0n) is 12.1. The molecule has 1 N–H and O–H groups in total. The molecular formula is C15H23NO3S. The molecule has 0 spiro atoms. The Labute approximate surface area is 121 Å². The van der Waals surface area contributed by atoms with Gasteiger partial charge in [-0.05, 0) is 50.8 Å². The fourth-order valence-corrected chi connectivity index (χ4v) is 4.83. The van der Waals surface area contributed by atoms with Crippen LogP contribution >= 0.6 is 0 Å². The molecule has 2 atom stereocenters. The van der Waals surface area contributed by atoms with Gasteiger partial charge in [0.05, 0.1) is 4.90 Å². The maximum absolute atomic E-state index is 12.8. The van der Waals surface area contributed by atoms with E-state index in [0.717, 1.165) is 24.8 Å². The average molecular weight is 297 g/mol. The highest BCUT2D eigenvalue weighted by molar-refractivity contribution is 7.89. The van der Waals surface area contributed by atoms with Crippen molar-refractivity contribution in [3.05, 3.63) is 29.8 Å². The third kappa shape index (κ3) is 3.05. The van der Waals surface area contributed by atoms with E-state index in [-0.39, 0.29) is 18.7 Å². The van der Waals surface area contributed by atoms with E-state index in [4.69, 9.17) is 5.11 Å². The van der Waals surface area contributed by atoms with Crippen molar-refractivity contribution < 1.29 is 13.5 Å². The Morgan fingerprint density at radius 2 is 1.70 bits per heavy atom. The molecule has 0 amide bonds. The van der Waals surface area contributed by atoms with Crippen LogP contribution in [-0.4, -0.2) is 36.5 Å². The largest absolute Gasteiger partial charge is 0.396 e. The van der Waals surface area contributed by atoms with Crippen LogP contribution in [0.1, 0.15) is 38.7 Å². The van der Waals surface area contributed by atoms with Crippen LogP contribution in [0, 0.1) is 0 Å². The van der Waals surface area contributed by atoms with Crippen molar-refractivity contribution in [1.29, 1.82) is 0 Å². The monoisotopic (exact) mass is 297 g/mol. The average Bonchev–Trinajstić information content (AvgIpc) is 2.39. The summed E-state index contributed by atoms with van der Waals surface area (Å²) in [5.41, 5.74) is 0.950. The first-order chi connectivity index (χ1) is 9.46. The van der Waals surface area contributed by atoms with Crippen molar-refractivity contribution in [2.45, 2.75) is 56.5 Å². The Balaban J connectivity index is 2.29. The zero-order chi connectivity index (χ0) is 14.8. The fraction of sp³-hybridized carbons (Fsp3) is 0.600. The second-order valence-electron chi connectivity index (χ2n) is 5.58. The van der Waals surface area contributed by atoms with E-state index < -0.39 is 10.0 Å². The predicted molar refractivity (Wildman–Crippen MR) is 79.0 cm³/mol. The fourth-order valence-electron chi connectivity index (χ4n) is 2.95. The number of nitrogens with zero attached hydrogens (tertiary/aromatic N) is 1. The lowest BCUT2D eigenvalue weighted by molar-refractivity contribution is 0.204. The minimum absolute atomic E-state index is 0.0564. The van der Waals surface area contributed by atoms with Gasteiger partial charge in [0.2, 0.25) is 10.0 Å². The van der Waals surface area contributed by atoms with Crippen LogP contribution in [0.2, 0.25) is 0 Å². The van der Waals surface area contributed by atoms with Gasteiger partial charge in [-0.2, -0.15) is 4.31 Å². The van der Waals surface area contributed by atoms with E-state index in [1.807, 2.05) is 13.8 Å². The Bertz CT molecular complexity index is 529. The summed E-state index contributed by atoms with van der Waals surface area (Å²) in [4.78, 5) is 0.347. The number of piperidine rings is 1. The Hall–Kier alpha value is -0.910. The third-order valence-corrected chi connectivity index (χ3v) is 6.15. The Kier molecular flexibility index (Phi) is 4.83. The first kappa shape index (κ1) is 15.5. The molecule has 1 aromatic rings. The maximum Gasteiger partial charge on any atom is 0.243 e. The molecule has 112 valence electrons. The van der Waals surface area contributed by atoms with Gasteiger partial charge < -0.3 is 5.11 Å². The number of hydrogen-bond acceptors (Lipinski definition) is 3. The lowest BCUT2D eigenvalue weighted by atomic mass is 10.0. The molecule has 1 aliphatic rings. The second-order valence-corrected chi connectivity index (χ2v) is 7.42. The van der Waals surface area contributed by atoms with Crippen LogP contribution in [0.25, 0.3) is 0 Å². The quantitative estimate of drug-likeness (QED) is 0.926. The highest BCUT2D eigenvalue weighted by atomic mass is 32.2. The summed E-state index contributed by atoms with van der Waals surface area (Å²) in [5, 5.41) is 8.90. The summed E-state index contributed by atoms with van der Waals surface area (Å²) in [6.45, 7) is 4.03. The SMILES string of the molecule is CC1CCCC(C)N1S(=O)(=O)c1ccc(CCO)cc1. The molecule has 1 heterocycles. The van der Waals surface area contributed by atoms with Gasteiger partial charge in [-0.25, -0.2) is 8.42 Å². The molecule has 2 unspecified atom stereocenters. The first-order valence-electron chi connectivity index (χ1n) is 7.20. The van der Waals surface area contributed by atoms with Crippen LogP contribution in [-0.2, 0) is 16.4 Å². The maximum atomic E-state index is 12.8.